The number of carbonyl (C=O) groups excluding carboxylic acids is 1. The highest BCUT2D eigenvalue weighted by molar-refractivity contribution is 9.10. The predicted molar refractivity (Wildman–Crippen MR) is 106 cm³/mol. The number of aryl methyl sites for hydroxylation is 1. The molecule has 0 spiro atoms. The molecule has 0 radical (unpaired) electrons. The highest BCUT2D eigenvalue weighted by Gasteiger charge is 2.30. The molecule has 0 fully saturated rings. The van der Waals surface area contributed by atoms with E-state index in [9.17, 15) is 4.79 Å². The topological polar surface area (TPSA) is 64.7 Å². The molecule has 0 saturated carbocycles. The molecule has 0 aliphatic carbocycles. The van der Waals surface area contributed by atoms with Crippen LogP contribution >= 0.6 is 27.5 Å². The van der Waals surface area contributed by atoms with Crippen molar-refractivity contribution >= 4 is 45.5 Å². The Labute approximate surface area is 168 Å². The summed E-state index contributed by atoms with van der Waals surface area (Å²) in [6.45, 7) is 1.73. The van der Waals surface area contributed by atoms with E-state index >= 15 is 0 Å². The Morgan fingerprint density at radius 1 is 1.11 bits per heavy atom. The maximum Gasteiger partial charge on any atom is 0.363 e. The number of cyclic esters (lactones) is 1. The maximum absolute atomic E-state index is 12.3. The van der Waals surface area contributed by atoms with Crippen molar-refractivity contribution in [3.63, 3.8) is 0 Å². The van der Waals surface area contributed by atoms with Gasteiger partial charge in [0.25, 0.3) is 0 Å². The second-order valence-corrected chi connectivity index (χ2v) is 7.15. The molecule has 1 aliphatic heterocycles. The first kappa shape index (κ1) is 17.7. The SMILES string of the molecule is Cc1onc(-c2ccccc2Cl)c1C1=NC(=Cc2ccc(Br)cc2)C(=O)O1. The molecule has 0 unspecified atom stereocenters. The van der Waals surface area contributed by atoms with Gasteiger partial charge in [0.15, 0.2) is 5.70 Å². The summed E-state index contributed by atoms with van der Waals surface area (Å²) in [5, 5.41) is 4.60. The van der Waals surface area contributed by atoms with Gasteiger partial charge in [-0.05, 0) is 36.8 Å². The number of hydrogen-bond donors (Lipinski definition) is 0. The molecule has 0 amide bonds. The lowest BCUT2D eigenvalue weighted by Crippen LogP contribution is -2.07. The van der Waals surface area contributed by atoms with Crippen LogP contribution in [0.1, 0.15) is 16.9 Å². The molecule has 134 valence electrons. The lowest BCUT2D eigenvalue weighted by molar-refractivity contribution is -0.129. The third kappa shape index (κ3) is 3.46. The van der Waals surface area contributed by atoms with Gasteiger partial charge in [-0.1, -0.05) is 63.0 Å². The first-order chi connectivity index (χ1) is 13.0. The fraction of sp³-hybridized carbons (Fsp3) is 0.0500. The monoisotopic (exact) mass is 442 g/mol. The van der Waals surface area contributed by atoms with Gasteiger partial charge in [-0.3, -0.25) is 0 Å². The van der Waals surface area contributed by atoms with Crippen molar-refractivity contribution in [1.82, 2.24) is 5.16 Å². The molecular formula is C20H12BrClN2O3. The number of ether oxygens (including phenoxy) is 1. The number of benzene rings is 2. The fourth-order valence-corrected chi connectivity index (χ4v) is 3.18. The molecule has 4 rings (SSSR count). The summed E-state index contributed by atoms with van der Waals surface area (Å²) < 4.78 is 11.7. The van der Waals surface area contributed by atoms with Gasteiger partial charge < -0.3 is 9.26 Å². The molecule has 1 aromatic heterocycles. The predicted octanol–water partition coefficient (Wildman–Crippen LogP) is 5.41. The molecule has 0 bridgehead atoms. The van der Waals surface area contributed by atoms with E-state index in [0.717, 1.165) is 10.0 Å². The fourth-order valence-electron chi connectivity index (χ4n) is 2.69. The second kappa shape index (κ2) is 7.13. The molecule has 7 heteroatoms. The lowest BCUT2D eigenvalue weighted by atomic mass is 10.1. The van der Waals surface area contributed by atoms with Crippen LogP contribution in [0.15, 0.2) is 68.2 Å². The molecule has 3 aromatic rings. The molecule has 1 aliphatic rings. The summed E-state index contributed by atoms with van der Waals surface area (Å²) in [4.78, 5) is 16.6. The minimum atomic E-state index is -0.529. The minimum Gasteiger partial charge on any atom is -0.402 e. The Hall–Kier alpha value is -2.70. The Balaban J connectivity index is 1.77. The first-order valence-electron chi connectivity index (χ1n) is 8.02. The molecule has 0 N–H and O–H groups in total. The van der Waals surface area contributed by atoms with E-state index in [0.29, 0.717) is 27.6 Å². The van der Waals surface area contributed by atoms with Gasteiger partial charge in [-0.2, -0.15) is 0 Å². The Morgan fingerprint density at radius 2 is 1.85 bits per heavy atom. The van der Waals surface area contributed by atoms with E-state index in [1.165, 1.54) is 0 Å². The Kier molecular flexibility index (Phi) is 4.68. The van der Waals surface area contributed by atoms with Gasteiger partial charge in [-0.25, -0.2) is 9.79 Å². The van der Waals surface area contributed by atoms with Crippen LogP contribution in [-0.2, 0) is 9.53 Å². The van der Waals surface area contributed by atoms with Crippen LogP contribution in [0.3, 0.4) is 0 Å². The number of nitrogens with zero attached hydrogens (tertiary/aromatic N) is 2. The molecule has 27 heavy (non-hydrogen) atoms. The van der Waals surface area contributed by atoms with Gasteiger partial charge >= 0.3 is 5.97 Å². The summed E-state index contributed by atoms with van der Waals surface area (Å²) in [6, 6.07) is 14.8. The van der Waals surface area contributed by atoms with Crippen LogP contribution < -0.4 is 0 Å². The zero-order chi connectivity index (χ0) is 19.0. The zero-order valence-corrected chi connectivity index (χ0v) is 16.4. The van der Waals surface area contributed by atoms with E-state index in [1.54, 1.807) is 19.1 Å². The highest BCUT2D eigenvalue weighted by atomic mass is 79.9. The van der Waals surface area contributed by atoms with Crippen LogP contribution in [-0.4, -0.2) is 17.0 Å². The van der Waals surface area contributed by atoms with E-state index in [1.807, 2.05) is 42.5 Å². The first-order valence-corrected chi connectivity index (χ1v) is 9.19. The molecule has 0 atom stereocenters. The normalized spacial score (nSPS) is 15.1. The van der Waals surface area contributed by atoms with Crippen LogP contribution in [0.2, 0.25) is 5.02 Å². The number of esters is 1. The van der Waals surface area contributed by atoms with Gasteiger partial charge in [0.2, 0.25) is 5.90 Å². The highest BCUT2D eigenvalue weighted by Crippen LogP contribution is 2.33. The van der Waals surface area contributed by atoms with Crippen LogP contribution in [0.4, 0.5) is 0 Å². The second-order valence-electron chi connectivity index (χ2n) is 5.83. The van der Waals surface area contributed by atoms with E-state index in [4.69, 9.17) is 20.9 Å². The van der Waals surface area contributed by atoms with Crippen molar-refractivity contribution in [3.05, 3.63) is 80.6 Å². The van der Waals surface area contributed by atoms with Crippen molar-refractivity contribution in [2.24, 2.45) is 4.99 Å². The summed E-state index contributed by atoms with van der Waals surface area (Å²) in [5.41, 5.74) is 2.71. The smallest absolute Gasteiger partial charge is 0.363 e. The Morgan fingerprint density at radius 3 is 2.59 bits per heavy atom. The summed E-state index contributed by atoms with van der Waals surface area (Å²) in [6.07, 6.45) is 1.67. The van der Waals surface area contributed by atoms with Gasteiger partial charge in [0.05, 0.1) is 5.02 Å². The summed E-state index contributed by atoms with van der Waals surface area (Å²) in [7, 11) is 0. The molecule has 2 aromatic carbocycles. The van der Waals surface area contributed by atoms with E-state index < -0.39 is 5.97 Å². The maximum atomic E-state index is 12.3. The van der Waals surface area contributed by atoms with Crippen LogP contribution in [0, 0.1) is 6.92 Å². The standard InChI is InChI=1S/C20H12BrClN2O3/c1-11-17(18(24-27-11)14-4-2-3-5-15(14)22)19-23-16(20(25)26-19)10-12-6-8-13(21)9-7-12/h2-10H,1H3. The van der Waals surface area contributed by atoms with E-state index in [2.05, 4.69) is 26.1 Å². The van der Waals surface area contributed by atoms with E-state index in [-0.39, 0.29) is 11.6 Å². The number of hydrogen-bond acceptors (Lipinski definition) is 5. The third-order valence-electron chi connectivity index (χ3n) is 4.00. The third-order valence-corrected chi connectivity index (χ3v) is 4.86. The average molecular weight is 444 g/mol. The molecule has 5 nitrogen and oxygen atoms in total. The quantitative estimate of drug-likeness (QED) is 0.401. The average Bonchev–Trinajstić information content (AvgIpc) is 3.20. The minimum absolute atomic E-state index is 0.150. The van der Waals surface area contributed by atoms with Crippen molar-refractivity contribution in [3.8, 4) is 11.3 Å². The van der Waals surface area contributed by atoms with Crippen LogP contribution in [0.5, 0.6) is 0 Å². The van der Waals surface area contributed by atoms with Gasteiger partial charge in [-0.15, -0.1) is 0 Å². The van der Waals surface area contributed by atoms with Crippen molar-refractivity contribution in [1.29, 1.82) is 0 Å². The van der Waals surface area contributed by atoms with Crippen molar-refractivity contribution in [2.45, 2.75) is 6.92 Å². The molecule has 2 heterocycles. The number of aliphatic imine (C=N–C) groups is 1. The zero-order valence-electron chi connectivity index (χ0n) is 14.1. The summed E-state index contributed by atoms with van der Waals surface area (Å²) >= 11 is 9.66. The lowest BCUT2D eigenvalue weighted by Gasteiger charge is -2.03. The van der Waals surface area contributed by atoms with Crippen molar-refractivity contribution < 1.29 is 14.1 Å². The largest absolute Gasteiger partial charge is 0.402 e. The van der Waals surface area contributed by atoms with Gasteiger partial charge in [0.1, 0.15) is 17.0 Å². The Bertz CT molecular complexity index is 1100. The number of carbonyl (C=O) groups is 1. The van der Waals surface area contributed by atoms with Gasteiger partial charge in [0, 0.05) is 10.0 Å². The summed E-state index contributed by atoms with van der Waals surface area (Å²) in [5.74, 6) is 0.108. The van der Waals surface area contributed by atoms with Crippen LogP contribution in [0.25, 0.3) is 17.3 Å². The molecular weight excluding hydrogens is 432 g/mol. The number of rotatable bonds is 3. The number of halogens is 2. The number of aromatic nitrogens is 1. The molecule has 0 saturated heterocycles. The van der Waals surface area contributed by atoms with Crippen molar-refractivity contribution in [2.75, 3.05) is 0 Å².